The molecule has 0 amide bonds. The molecule has 1 aromatic heterocycles. The first-order valence-corrected chi connectivity index (χ1v) is 6.68. The molecule has 1 aromatic rings. The largest absolute Gasteiger partial charge is 0.383 e. The Morgan fingerprint density at radius 3 is 2.94 bits per heavy atom. The molecule has 0 bridgehead atoms. The van der Waals surface area contributed by atoms with Gasteiger partial charge in [0.05, 0.1) is 16.8 Å². The molecule has 0 aliphatic carbocycles. The lowest BCUT2D eigenvalue weighted by Crippen LogP contribution is -2.32. The second-order valence-electron chi connectivity index (χ2n) is 2.85. The van der Waals surface area contributed by atoms with Crippen molar-refractivity contribution in [1.29, 1.82) is 0 Å². The maximum atomic E-state index is 11.5. The average Bonchev–Trinajstić information content (AvgIpc) is 2.21. The van der Waals surface area contributed by atoms with E-state index in [0.29, 0.717) is 16.8 Å². The first-order valence-electron chi connectivity index (χ1n) is 4.41. The van der Waals surface area contributed by atoms with E-state index in [1.807, 2.05) is 0 Å². The van der Waals surface area contributed by atoms with Crippen molar-refractivity contribution in [3.63, 3.8) is 0 Å². The molecule has 0 saturated carbocycles. The van der Waals surface area contributed by atoms with Crippen LogP contribution in [-0.4, -0.2) is 33.7 Å². The molecule has 6 nitrogen and oxygen atoms in total. The molecule has 0 unspecified atom stereocenters. The van der Waals surface area contributed by atoms with Crippen molar-refractivity contribution in [3.8, 4) is 0 Å². The third-order valence-corrected chi connectivity index (χ3v) is 3.32. The van der Waals surface area contributed by atoms with E-state index in [1.54, 1.807) is 6.07 Å². The van der Waals surface area contributed by atoms with E-state index in [4.69, 9.17) is 4.74 Å². The standard InChI is InChI=1S/C8H12BrN3O3S/c1-15-5-4-11-16(13,14)12-8-2-3-10-6-7(8)9/h2-3,6,11H,4-5H2,1H3,(H,10,12). The van der Waals surface area contributed by atoms with Crippen LogP contribution in [0.15, 0.2) is 22.9 Å². The summed E-state index contributed by atoms with van der Waals surface area (Å²) in [5, 5.41) is 0. The number of halogens is 1. The van der Waals surface area contributed by atoms with Gasteiger partial charge in [-0.3, -0.25) is 9.71 Å². The van der Waals surface area contributed by atoms with E-state index in [9.17, 15) is 8.42 Å². The Morgan fingerprint density at radius 2 is 2.31 bits per heavy atom. The van der Waals surface area contributed by atoms with Crippen molar-refractivity contribution in [2.75, 3.05) is 25.0 Å². The Hall–Kier alpha value is -0.700. The lowest BCUT2D eigenvalue weighted by molar-refractivity contribution is 0.204. The molecule has 0 aliphatic rings. The van der Waals surface area contributed by atoms with Gasteiger partial charge < -0.3 is 4.74 Å². The lowest BCUT2D eigenvalue weighted by Gasteiger charge is -2.09. The molecule has 0 fully saturated rings. The Labute approximate surface area is 103 Å². The normalized spacial score (nSPS) is 11.4. The summed E-state index contributed by atoms with van der Waals surface area (Å²) in [5.74, 6) is 0. The summed E-state index contributed by atoms with van der Waals surface area (Å²) in [5.41, 5.74) is 0.430. The molecule has 8 heteroatoms. The summed E-state index contributed by atoms with van der Waals surface area (Å²) >= 11 is 3.19. The van der Waals surface area contributed by atoms with Crippen LogP contribution in [0.2, 0.25) is 0 Å². The Morgan fingerprint density at radius 1 is 1.56 bits per heavy atom. The quantitative estimate of drug-likeness (QED) is 0.759. The number of aromatic nitrogens is 1. The molecule has 2 N–H and O–H groups in total. The third kappa shape index (κ3) is 4.44. The van der Waals surface area contributed by atoms with Gasteiger partial charge in [-0.05, 0) is 22.0 Å². The minimum Gasteiger partial charge on any atom is -0.383 e. The van der Waals surface area contributed by atoms with Crippen molar-refractivity contribution in [1.82, 2.24) is 9.71 Å². The van der Waals surface area contributed by atoms with Gasteiger partial charge in [-0.2, -0.15) is 13.1 Å². The van der Waals surface area contributed by atoms with E-state index in [0.717, 1.165) is 0 Å². The molecule has 1 rings (SSSR count). The van der Waals surface area contributed by atoms with E-state index >= 15 is 0 Å². The molecular weight excluding hydrogens is 298 g/mol. The molecule has 0 atom stereocenters. The van der Waals surface area contributed by atoms with Crippen LogP contribution in [-0.2, 0) is 14.9 Å². The van der Waals surface area contributed by atoms with Crippen LogP contribution in [0.25, 0.3) is 0 Å². The number of nitrogens with zero attached hydrogens (tertiary/aromatic N) is 1. The maximum absolute atomic E-state index is 11.5. The summed E-state index contributed by atoms with van der Waals surface area (Å²) < 4.78 is 33.0. The van der Waals surface area contributed by atoms with Crippen LogP contribution in [0.3, 0.4) is 0 Å². The van der Waals surface area contributed by atoms with Gasteiger partial charge in [-0.15, -0.1) is 0 Å². The number of hydrogen-bond donors (Lipinski definition) is 2. The molecule has 0 spiro atoms. The summed E-state index contributed by atoms with van der Waals surface area (Å²) in [4.78, 5) is 3.83. The van der Waals surface area contributed by atoms with Crippen LogP contribution >= 0.6 is 15.9 Å². The Bertz CT molecular complexity index is 438. The fraction of sp³-hybridized carbons (Fsp3) is 0.375. The Balaban J connectivity index is 2.63. The number of methoxy groups -OCH3 is 1. The van der Waals surface area contributed by atoms with Gasteiger partial charge in [0.25, 0.3) is 10.2 Å². The van der Waals surface area contributed by atoms with E-state index in [2.05, 4.69) is 30.4 Å². The van der Waals surface area contributed by atoms with Crippen LogP contribution in [0.1, 0.15) is 0 Å². The number of nitrogens with one attached hydrogen (secondary N) is 2. The van der Waals surface area contributed by atoms with Crippen LogP contribution in [0.4, 0.5) is 5.69 Å². The highest BCUT2D eigenvalue weighted by molar-refractivity contribution is 9.10. The van der Waals surface area contributed by atoms with Gasteiger partial charge >= 0.3 is 0 Å². The van der Waals surface area contributed by atoms with Crippen LogP contribution < -0.4 is 9.44 Å². The highest BCUT2D eigenvalue weighted by atomic mass is 79.9. The van der Waals surface area contributed by atoms with Gasteiger partial charge in [0, 0.05) is 26.0 Å². The number of hydrogen-bond acceptors (Lipinski definition) is 4. The topological polar surface area (TPSA) is 80.3 Å². The summed E-state index contributed by atoms with van der Waals surface area (Å²) in [6, 6.07) is 1.56. The van der Waals surface area contributed by atoms with Crippen molar-refractivity contribution in [2.24, 2.45) is 0 Å². The predicted molar refractivity (Wildman–Crippen MR) is 64.4 cm³/mol. The SMILES string of the molecule is COCCNS(=O)(=O)Nc1ccncc1Br. The highest BCUT2D eigenvalue weighted by Gasteiger charge is 2.10. The molecule has 0 aliphatic heterocycles. The maximum Gasteiger partial charge on any atom is 0.299 e. The number of ether oxygens (including phenoxy) is 1. The Kier molecular flexibility index (Phi) is 5.13. The van der Waals surface area contributed by atoms with Crippen molar-refractivity contribution >= 4 is 31.8 Å². The van der Waals surface area contributed by atoms with E-state index in [1.165, 1.54) is 19.5 Å². The first-order chi connectivity index (χ1) is 7.55. The smallest absolute Gasteiger partial charge is 0.299 e. The van der Waals surface area contributed by atoms with Gasteiger partial charge in [-0.25, -0.2) is 0 Å². The summed E-state index contributed by atoms with van der Waals surface area (Å²) in [6.07, 6.45) is 3.00. The minimum atomic E-state index is -3.57. The second-order valence-corrected chi connectivity index (χ2v) is 5.20. The summed E-state index contributed by atoms with van der Waals surface area (Å²) in [7, 11) is -2.07. The van der Waals surface area contributed by atoms with Gasteiger partial charge in [-0.1, -0.05) is 0 Å². The molecule has 90 valence electrons. The van der Waals surface area contributed by atoms with Gasteiger partial charge in [0.15, 0.2) is 0 Å². The number of rotatable bonds is 6. The molecule has 0 aromatic carbocycles. The fourth-order valence-electron chi connectivity index (χ4n) is 0.917. The lowest BCUT2D eigenvalue weighted by atomic mass is 10.4. The third-order valence-electron chi connectivity index (χ3n) is 1.62. The number of pyridine rings is 1. The zero-order valence-electron chi connectivity index (χ0n) is 8.60. The summed E-state index contributed by atoms with van der Waals surface area (Å²) in [6.45, 7) is 0.535. The van der Waals surface area contributed by atoms with E-state index in [-0.39, 0.29) is 6.54 Å². The molecular formula is C8H12BrN3O3S. The minimum absolute atomic E-state index is 0.217. The van der Waals surface area contributed by atoms with Gasteiger partial charge in [0.1, 0.15) is 0 Å². The highest BCUT2D eigenvalue weighted by Crippen LogP contribution is 2.20. The monoisotopic (exact) mass is 309 g/mol. The van der Waals surface area contributed by atoms with Crippen LogP contribution in [0, 0.1) is 0 Å². The van der Waals surface area contributed by atoms with Crippen molar-refractivity contribution in [2.45, 2.75) is 0 Å². The molecule has 16 heavy (non-hydrogen) atoms. The zero-order chi connectivity index (χ0) is 12.0. The van der Waals surface area contributed by atoms with Crippen molar-refractivity contribution < 1.29 is 13.2 Å². The predicted octanol–water partition coefficient (Wildman–Crippen LogP) is 0.737. The molecule has 0 radical (unpaired) electrons. The fourth-order valence-corrected chi connectivity index (χ4v) is 2.29. The zero-order valence-corrected chi connectivity index (χ0v) is 11.0. The second kappa shape index (κ2) is 6.14. The van der Waals surface area contributed by atoms with E-state index < -0.39 is 10.2 Å². The molecule has 0 saturated heterocycles. The molecule has 1 heterocycles. The van der Waals surface area contributed by atoms with Crippen LogP contribution in [0.5, 0.6) is 0 Å². The number of anilines is 1. The average molecular weight is 310 g/mol. The van der Waals surface area contributed by atoms with Crippen molar-refractivity contribution in [3.05, 3.63) is 22.9 Å². The van der Waals surface area contributed by atoms with Gasteiger partial charge in [0.2, 0.25) is 0 Å². The first kappa shape index (κ1) is 13.4.